The van der Waals surface area contributed by atoms with Crippen molar-refractivity contribution in [2.45, 2.75) is 36.3 Å². The van der Waals surface area contributed by atoms with E-state index in [9.17, 15) is 18.0 Å². The number of carbonyl (C=O) groups is 1. The maximum Gasteiger partial charge on any atom is 0.416 e. The summed E-state index contributed by atoms with van der Waals surface area (Å²) in [7, 11) is 0. The summed E-state index contributed by atoms with van der Waals surface area (Å²) in [5.74, 6) is 0.554. The zero-order chi connectivity index (χ0) is 27.2. The summed E-state index contributed by atoms with van der Waals surface area (Å²) in [5, 5.41) is 14.3. The lowest BCUT2D eigenvalue weighted by atomic mass is 10.1. The second kappa shape index (κ2) is 12.3. The Morgan fingerprint density at radius 1 is 1.08 bits per heavy atom. The molecule has 13 heteroatoms. The van der Waals surface area contributed by atoms with Crippen molar-refractivity contribution in [1.29, 1.82) is 0 Å². The van der Waals surface area contributed by atoms with E-state index in [4.69, 9.17) is 0 Å². The Morgan fingerprint density at radius 2 is 1.87 bits per heavy atom. The molecular weight excluding hydrogens is 547 g/mol. The van der Waals surface area contributed by atoms with E-state index in [0.717, 1.165) is 31.8 Å². The lowest BCUT2D eigenvalue weighted by molar-refractivity contribution is -0.137. The van der Waals surface area contributed by atoms with Crippen LogP contribution in [0.3, 0.4) is 0 Å². The van der Waals surface area contributed by atoms with Crippen molar-refractivity contribution >= 4 is 29.0 Å². The molecule has 0 unspecified atom stereocenters. The fourth-order valence-corrected chi connectivity index (χ4v) is 6.06. The monoisotopic (exact) mass is 573 g/mol. The number of halogens is 3. The number of alkyl halides is 3. The van der Waals surface area contributed by atoms with Crippen LogP contribution in [0.2, 0.25) is 0 Å². The van der Waals surface area contributed by atoms with Gasteiger partial charge in [-0.2, -0.15) is 13.2 Å². The molecule has 4 heterocycles. The Hall–Kier alpha value is -3.29. The molecule has 4 aromatic rings. The third kappa shape index (κ3) is 6.84. The highest BCUT2D eigenvalue weighted by molar-refractivity contribution is 7.98. The standard InChI is InChI=1S/C26H26F3N7OS2/c27-26(28,29)19-5-4-6-20(15-19)36-23(18-7-9-30-10-8-18)33-34-25(36)39-17-22-32-21(16-38-22)24(37)31-11-14-35-12-2-1-3-13-35/h4-10,15-16H,1-3,11-14,17H2,(H,31,37). The number of thioether (sulfide) groups is 1. The number of nitrogens with zero attached hydrogens (tertiary/aromatic N) is 6. The van der Waals surface area contributed by atoms with Crippen molar-refractivity contribution in [2.24, 2.45) is 0 Å². The van der Waals surface area contributed by atoms with Crippen LogP contribution < -0.4 is 5.32 Å². The van der Waals surface area contributed by atoms with Gasteiger partial charge in [0.2, 0.25) is 0 Å². The first-order chi connectivity index (χ1) is 18.9. The van der Waals surface area contributed by atoms with Gasteiger partial charge in [0, 0.05) is 36.4 Å². The first-order valence-corrected chi connectivity index (χ1v) is 14.4. The summed E-state index contributed by atoms with van der Waals surface area (Å²) in [6, 6.07) is 8.50. The first kappa shape index (κ1) is 27.3. The molecule has 39 heavy (non-hydrogen) atoms. The number of aromatic nitrogens is 5. The molecule has 204 valence electrons. The Labute approximate surface area is 231 Å². The van der Waals surface area contributed by atoms with Gasteiger partial charge in [-0.3, -0.25) is 14.3 Å². The van der Waals surface area contributed by atoms with Crippen molar-refractivity contribution in [1.82, 2.24) is 34.9 Å². The van der Waals surface area contributed by atoms with Crippen LogP contribution in [0.15, 0.2) is 59.3 Å². The van der Waals surface area contributed by atoms with Crippen molar-refractivity contribution < 1.29 is 18.0 Å². The second-order valence-electron chi connectivity index (χ2n) is 9.00. The molecule has 1 fully saturated rings. The number of hydrogen-bond acceptors (Lipinski definition) is 8. The average molecular weight is 574 g/mol. The summed E-state index contributed by atoms with van der Waals surface area (Å²) in [6.07, 6.45) is 2.35. The molecule has 0 radical (unpaired) electrons. The molecule has 0 saturated carbocycles. The number of benzene rings is 1. The van der Waals surface area contributed by atoms with E-state index < -0.39 is 11.7 Å². The third-order valence-electron chi connectivity index (χ3n) is 6.27. The number of rotatable bonds is 9. The Morgan fingerprint density at radius 3 is 2.64 bits per heavy atom. The highest BCUT2D eigenvalue weighted by atomic mass is 32.2. The van der Waals surface area contributed by atoms with Crippen molar-refractivity contribution in [3.05, 3.63) is 70.4 Å². The van der Waals surface area contributed by atoms with Crippen molar-refractivity contribution in [2.75, 3.05) is 26.2 Å². The lowest BCUT2D eigenvalue weighted by Crippen LogP contribution is -2.37. The van der Waals surface area contributed by atoms with Gasteiger partial charge in [0.1, 0.15) is 10.7 Å². The quantitative estimate of drug-likeness (QED) is 0.272. The Balaban J connectivity index is 1.30. The van der Waals surface area contributed by atoms with Crippen LogP contribution in [0.5, 0.6) is 0 Å². The fraction of sp³-hybridized carbons (Fsp3) is 0.346. The Kier molecular flexibility index (Phi) is 8.58. The van der Waals surface area contributed by atoms with E-state index in [1.165, 1.54) is 48.4 Å². The van der Waals surface area contributed by atoms with Gasteiger partial charge in [-0.05, 0) is 56.3 Å². The van der Waals surface area contributed by atoms with Crippen LogP contribution in [-0.4, -0.2) is 61.7 Å². The number of amides is 1. The summed E-state index contributed by atoms with van der Waals surface area (Å²) >= 11 is 2.64. The van der Waals surface area contributed by atoms with Gasteiger partial charge < -0.3 is 10.2 Å². The minimum absolute atomic E-state index is 0.216. The molecule has 1 saturated heterocycles. The van der Waals surface area contributed by atoms with Crippen molar-refractivity contribution in [3.63, 3.8) is 0 Å². The van der Waals surface area contributed by atoms with Crippen molar-refractivity contribution in [3.8, 4) is 17.1 Å². The number of carbonyl (C=O) groups excluding carboxylic acids is 1. The van der Waals surface area contributed by atoms with Gasteiger partial charge in [-0.1, -0.05) is 24.2 Å². The smallest absolute Gasteiger partial charge is 0.349 e. The predicted octanol–water partition coefficient (Wildman–Crippen LogP) is 5.31. The van der Waals surface area contributed by atoms with Gasteiger partial charge in [-0.15, -0.1) is 21.5 Å². The highest BCUT2D eigenvalue weighted by Gasteiger charge is 2.31. The third-order valence-corrected chi connectivity index (χ3v) is 8.25. The maximum atomic E-state index is 13.4. The molecule has 0 aliphatic carbocycles. The number of pyridine rings is 1. The lowest BCUT2D eigenvalue weighted by Gasteiger charge is -2.26. The molecule has 1 aromatic carbocycles. The molecule has 1 aliphatic rings. The van der Waals surface area contributed by atoms with Gasteiger partial charge in [0.15, 0.2) is 11.0 Å². The van der Waals surface area contributed by atoms with Crippen LogP contribution >= 0.6 is 23.1 Å². The fourth-order valence-electron chi connectivity index (χ4n) is 4.31. The van der Waals surface area contributed by atoms with E-state index in [2.05, 4.69) is 30.4 Å². The van der Waals surface area contributed by atoms with E-state index >= 15 is 0 Å². The summed E-state index contributed by atoms with van der Waals surface area (Å²) in [6.45, 7) is 3.53. The van der Waals surface area contributed by atoms with Crippen LogP contribution in [0.4, 0.5) is 13.2 Å². The number of nitrogens with one attached hydrogen (secondary N) is 1. The molecule has 1 amide bonds. The maximum absolute atomic E-state index is 13.4. The number of hydrogen-bond donors (Lipinski definition) is 1. The highest BCUT2D eigenvalue weighted by Crippen LogP contribution is 2.34. The number of thiazole rings is 1. The summed E-state index contributed by atoms with van der Waals surface area (Å²) in [5.41, 5.74) is 0.545. The molecule has 0 atom stereocenters. The number of likely N-dealkylation sites (tertiary alicyclic amines) is 1. The molecule has 1 N–H and O–H groups in total. The van der Waals surface area contributed by atoms with Gasteiger partial charge >= 0.3 is 6.18 Å². The van der Waals surface area contributed by atoms with E-state index in [-0.39, 0.29) is 11.6 Å². The van der Waals surface area contributed by atoms with Crippen LogP contribution in [-0.2, 0) is 11.9 Å². The summed E-state index contributed by atoms with van der Waals surface area (Å²) < 4.78 is 41.9. The first-order valence-electron chi connectivity index (χ1n) is 12.5. The average Bonchev–Trinajstić information content (AvgIpc) is 3.60. The van der Waals surface area contributed by atoms with E-state index in [1.807, 2.05) is 0 Å². The SMILES string of the molecule is O=C(NCCN1CCCCC1)c1csc(CSc2nnc(-c3ccncc3)n2-c2cccc(C(F)(F)F)c2)n1. The Bertz CT molecular complexity index is 1400. The molecule has 5 rings (SSSR count). The molecule has 0 bridgehead atoms. The summed E-state index contributed by atoms with van der Waals surface area (Å²) in [4.78, 5) is 23.4. The van der Waals surface area contributed by atoms with Gasteiger partial charge in [0.25, 0.3) is 5.91 Å². The molecule has 3 aromatic heterocycles. The van der Waals surface area contributed by atoms with Crippen LogP contribution in [0, 0.1) is 0 Å². The minimum atomic E-state index is -4.49. The van der Waals surface area contributed by atoms with Gasteiger partial charge in [0.05, 0.1) is 17.0 Å². The topological polar surface area (TPSA) is 88.8 Å². The van der Waals surface area contributed by atoms with Crippen LogP contribution in [0.1, 0.15) is 40.3 Å². The molecular formula is C26H26F3N7OS2. The number of piperidine rings is 1. The van der Waals surface area contributed by atoms with E-state index in [0.29, 0.717) is 39.5 Å². The predicted molar refractivity (Wildman–Crippen MR) is 144 cm³/mol. The minimum Gasteiger partial charge on any atom is -0.349 e. The zero-order valence-electron chi connectivity index (χ0n) is 20.9. The normalized spacial score (nSPS) is 14.4. The zero-order valence-corrected chi connectivity index (χ0v) is 22.5. The molecule has 0 spiro atoms. The second-order valence-corrected chi connectivity index (χ2v) is 10.9. The van der Waals surface area contributed by atoms with Crippen LogP contribution in [0.25, 0.3) is 17.1 Å². The van der Waals surface area contributed by atoms with E-state index in [1.54, 1.807) is 40.5 Å². The molecule has 1 aliphatic heterocycles. The molecule has 8 nitrogen and oxygen atoms in total. The van der Waals surface area contributed by atoms with Gasteiger partial charge in [-0.25, -0.2) is 4.98 Å². The largest absolute Gasteiger partial charge is 0.416 e.